The Hall–Kier alpha value is -2.24. The van der Waals surface area contributed by atoms with Crippen LogP contribution in [-0.2, 0) is 5.75 Å². The van der Waals surface area contributed by atoms with Crippen LogP contribution in [0.1, 0.15) is 15.9 Å². The second-order valence-electron chi connectivity index (χ2n) is 5.03. The molecule has 0 bridgehead atoms. The number of carbonyl (C=O) groups is 1. The van der Waals surface area contributed by atoms with E-state index in [4.69, 9.17) is 11.6 Å². The molecule has 0 unspecified atom stereocenters. The number of H-pyrrole nitrogens is 1. The summed E-state index contributed by atoms with van der Waals surface area (Å²) in [5, 5.41) is 3.65. The number of amides is 1. The summed E-state index contributed by atoms with van der Waals surface area (Å²) in [6.45, 7) is 0. The van der Waals surface area contributed by atoms with Gasteiger partial charge < -0.3 is 10.3 Å². The van der Waals surface area contributed by atoms with Gasteiger partial charge in [-0.3, -0.25) is 9.59 Å². The molecule has 4 nitrogen and oxygen atoms in total. The molecule has 0 aliphatic carbocycles. The summed E-state index contributed by atoms with van der Waals surface area (Å²) in [5.41, 5.74) is 1.95. The van der Waals surface area contributed by atoms with E-state index in [0.717, 1.165) is 5.56 Å². The van der Waals surface area contributed by atoms with Crippen LogP contribution >= 0.6 is 24.2 Å². The maximum Gasteiger partial charge on any atom is 0.261 e. The van der Waals surface area contributed by atoms with Crippen molar-refractivity contribution in [2.75, 3.05) is 5.32 Å². The third-order valence-electron chi connectivity index (χ3n) is 3.45. The Morgan fingerprint density at radius 2 is 2.04 bits per heavy atom. The first kappa shape index (κ1) is 15.6. The lowest BCUT2D eigenvalue weighted by Gasteiger charge is -2.07. The van der Waals surface area contributed by atoms with Gasteiger partial charge in [0.1, 0.15) is 5.56 Å². The van der Waals surface area contributed by atoms with Gasteiger partial charge in [0.2, 0.25) is 5.43 Å². The number of hydrogen-bond acceptors (Lipinski definition) is 3. The van der Waals surface area contributed by atoms with Gasteiger partial charge in [-0.15, -0.1) is 0 Å². The SMILES string of the molecule is O=C(Nc1cccc(Cl)c1)c1c[nH]c2cc(CS)ccc2c1=O. The Labute approximate surface area is 142 Å². The van der Waals surface area contributed by atoms with Crippen LogP contribution in [0.25, 0.3) is 10.9 Å². The summed E-state index contributed by atoms with van der Waals surface area (Å²) in [5.74, 6) is 0.100. The Morgan fingerprint density at radius 1 is 1.22 bits per heavy atom. The molecule has 0 aliphatic rings. The number of thiol groups is 1. The fourth-order valence-corrected chi connectivity index (χ4v) is 2.69. The summed E-state index contributed by atoms with van der Waals surface area (Å²) in [6.07, 6.45) is 1.42. The number of aromatic amines is 1. The van der Waals surface area contributed by atoms with Gasteiger partial charge in [-0.2, -0.15) is 12.6 Å². The highest BCUT2D eigenvalue weighted by atomic mass is 35.5. The second kappa shape index (κ2) is 6.48. The molecule has 1 aromatic heterocycles. The van der Waals surface area contributed by atoms with Crippen molar-refractivity contribution in [1.29, 1.82) is 0 Å². The van der Waals surface area contributed by atoms with Crippen LogP contribution in [0.4, 0.5) is 5.69 Å². The molecule has 116 valence electrons. The fraction of sp³-hybridized carbons (Fsp3) is 0.0588. The van der Waals surface area contributed by atoms with Crippen molar-refractivity contribution in [2.24, 2.45) is 0 Å². The molecular formula is C17H13ClN2O2S. The monoisotopic (exact) mass is 344 g/mol. The van der Waals surface area contributed by atoms with E-state index >= 15 is 0 Å². The number of halogens is 1. The van der Waals surface area contributed by atoms with Crippen LogP contribution in [0.2, 0.25) is 5.02 Å². The first-order valence-corrected chi connectivity index (χ1v) is 7.91. The summed E-state index contributed by atoms with van der Waals surface area (Å²) >= 11 is 10.1. The number of aromatic nitrogens is 1. The van der Waals surface area contributed by atoms with Crippen LogP contribution in [0.3, 0.4) is 0 Å². The van der Waals surface area contributed by atoms with Gasteiger partial charge in [0.05, 0.1) is 0 Å². The van der Waals surface area contributed by atoms with Crippen molar-refractivity contribution >= 4 is 46.7 Å². The number of pyridine rings is 1. The molecule has 0 fully saturated rings. The molecule has 0 radical (unpaired) electrons. The third-order valence-corrected chi connectivity index (χ3v) is 4.06. The minimum Gasteiger partial charge on any atom is -0.360 e. The molecule has 6 heteroatoms. The van der Waals surface area contributed by atoms with E-state index in [2.05, 4.69) is 22.9 Å². The number of benzene rings is 2. The zero-order valence-corrected chi connectivity index (χ0v) is 13.6. The van der Waals surface area contributed by atoms with Gasteiger partial charge in [0.15, 0.2) is 0 Å². The Balaban J connectivity index is 1.98. The normalized spacial score (nSPS) is 10.7. The van der Waals surface area contributed by atoms with E-state index in [1.807, 2.05) is 12.1 Å². The van der Waals surface area contributed by atoms with Crippen molar-refractivity contribution in [3.8, 4) is 0 Å². The zero-order chi connectivity index (χ0) is 16.4. The number of nitrogens with one attached hydrogen (secondary N) is 2. The highest BCUT2D eigenvalue weighted by Crippen LogP contribution is 2.16. The first-order valence-electron chi connectivity index (χ1n) is 6.90. The lowest BCUT2D eigenvalue weighted by Crippen LogP contribution is -2.21. The highest BCUT2D eigenvalue weighted by Gasteiger charge is 2.13. The largest absolute Gasteiger partial charge is 0.360 e. The average molecular weight is 345 g/mol. The zero-order valence-electron chi connectivity index (χ0n) is 12.0. The summed E-state index contributed by atoms with van der Waals surface area (Å²) in [7, 11) is 0. The van der Waals surface area contributed by atoms with Gasteiger partial charge >= 0.3 is 0 Å². The maximum absolute atomic E-state index is 12.5. The Kier molecular flexibility index (Phi) is 4.41. The number of fused-ring (bicyclic) bond motifs is 1. The smallest absolute Gasteiger partial charge is 0.261 e. The van der Waals surface area contributed by atoms with Gasteiger partial charge in [-0.05, 0) is 35.9 Å². The van der Waals surface area contributed by atoms with E-state index in [-0.39, 0.29) is 11.0 Å². The van der Waals surface area contributed by atoms with Crippen LogP contribution in [-0.4, -0.2) is 10.9 Å². The van der Waals surface area contributed by atoms with Crippen molar-refractivity contribution in [3.05, 3.63) is 75.0 Å². The molecule has 1 heterocycles. The standard InChI is InChI=1S/C17H13ClN2O2S/c18-11-2-1-3-12(7-11)20-17(22)14-8-19-15-6-10(9-23)4-5-13(15)16(14)21/h1-8,23H,9H2,(H,19,21)(H,20,22). The van der Waals surface area contributed by atoms with Gasteiger partial charge in [0, 0.05) is 33.6 Å². The van der Waals surface area contributed by atoms with E-state index in [0.29, 0.717) is 27.4 Å². The summed E-state index contributed by atoms with van der Waals surface area (Å²) in [6, 6.07) is 12.1. The first-order chi connectivity index (χ1) is 11.1. The lowest BCUT2D eigenvalue weighted by atomic mass is 10.1. The Morgan fingerprint density at radius 3 is 2.78 bits per heavy atom. The molecular weight excluding hydrogens is 332 g/mol. The topological polar surface area (TPSA) is 62.0 Å². The molecule has 0 saturated heterocycles. The minimum absolute atomic E-state index is 0.0519. The summed E-state index contributed by atoms with van der Waals surface area (Å²) in [4.78, 5) is 27.8. The summed E-state index contributed by atoms with van der Waals surface area (Å²) < 4.78 is 0. The third kappa shape index (κ3) is 3.25. The molecule has 0 saturated carbocycles. The van der Waals surface area contributed by atoms with Crippen LogP contribution in [0, 0.1) is 0 Å². The van der Waals surface area contributed by atoms with Crippen molar-refractivity contribution in [1.82, 2.24) is 4.98 Å². The maximum atomic E-state index is 12.5. The molecule has 2 aromatic carbocycles. The minimum atomic E-state index is -0.478. The van der Waals surface area contributed by atoms with Gasteiger partial charge in [0.25, 0.3) is 5.91 Å². The predicted molar refractivity (Wildman–Crippen MR) is 96.7 cm³/mol. The van der Waals surface area contributed by atoms with Gasteiger partial charge in [-0.25, -0.2) is 0 Å². The molecule has 1 amide bonds. The van der Waals surface area contributed by atoms with Gasteiger partial charge in [-0.1, -0.05) is 23.7 Å². The fourth-order valence-electron chi connectivity index (χ4n) is 2.30. The molecule has 23 heavy (non-hydrogen) atoms. The van der Waals surface area contributed by atoms with E-state index in [9.17, 15) is 9.59 Å². The molecule has 2 N–H and O–H groups in total. The van der Waals surface area contributed by atoms with Crippen LogP contribution < -0.4 is 10.7 Å². The number of rotatable bonds is 3. The lowest BCUT2D eigenvalue weighted by molar-refractivity contribution is 0.102. The molecule has 0 aliphatic heterocycles. The van der Waals surface area contributed by atoms with E-state index in [1.54, 1.807) is 30.3 Å². The molecule has 0 spiro atoms. The van der Waals surface area contributed by atoms with E-state index in [1.165, 1.54) is 6.20 Å². The molecule has 3 aromatic rings. The van der Waals surface area contributed by atoms with Crippen molar-refractivity contribution < 1.29 is 4.79 Å². The van der Waals surface area contributed by atoms with Crippen LogP contribution in [0.5, 0.6) is 0 Å². The Bertz CT molecular complexity index is 953. The molecule has 3 rings (SSSR count). The number of hydrogen-bond donors (Lipinski definition) is 3. The van der Waals surface area contributed by atoms with Crippen molar-refractivity contribution in [2.45, 2.75) is 5.75 Å². The number of anilines is 1. The average Bonchev–Trinajstić information content (AvgIpc) is 2.54. The van der Waals surface area contributed by atoms with Crippen LogP contribution in [0.15, 0.2) is 53.5 Å². The van der Waals surface area contributed by atoms with E-state index < -0.39 is 5.91 Å². The highest BCUT2D eigenvalue weighted by molar-refractivity contribution is 7.79. The molecule has 0 atom stereocenters. The second-order valence-corrected chi connectivity index (χ2v) is 5.79. The predicted octanol–water partition coefficient (Wildman–Crippen LogP) is 3.86. The number of carbonyl (C=O) groups excluding carboxylic acids is 1. The van der Waals surface area contributed by atoms with Crippen molar-refractivity contribution in [3.63, 3.8) is 0 Å². The quantitative estimate of drug-likeness (QED) is 0.632.